The second-order valence-electron chi connectivity index (χ2n) is 5.84. The van der Waals surface area contributed by atoms with E-state index in [1.54, 1.807) is 18.0 Å². The fraction of sp³-hybridized carbons (Fsp3) is 0.375. The Kier molecular flexibility index (Phi) is 3.53. The van der Waals surface area contributed by atoms with E-state index in [9.17, 15) is 4.79 Å². The number of hydrogen-bond donors (Lipinski definition) is 0. The van der Waals surface area contributed by atoms with Crippen molar-refractivity contribution in [1.82, 2.24) is 24.5 Å². The molecule has 0 N–H and O–H groups in total. The molecule has 3 aromatic rings. The van der Waals surface area contributed by atoms with Gasteiger partial charge < -0.3 is 18.5 Å². The van der Waals surface area contributed by atoms with Gasteiger partial charge in [0.2, 0.25) is 11.8 Å². The predicted molar refractivity (Wildman–Crippen MR) is 83.6 cm³/mol. The smallest absolute Gasteiger partial charge is 0.274 e. The molecule has 1 atom stereocenters. The highest BCUT2D eigenvalue weighted by molar-refractivity contribution is 5.93. The Morgan fingerprint density at radius 2 is 2.21 bits per heavy atom. The van der Waals surface area contributed by atoms with Crippen LogP contribution in [0.25, 0.3) is 5.65 Å². The number of ether oxygens (including phenoxy) is 1. The summed E-state index contributed by atoms with van der Waals surface area (Å²) in [5.41, 5.74) is 2.23. The van der Waals surface area contributed by atoms with Crippen molar-refractivity contribution < 1.29 is 13.9 Å². The van der Waals surface area contributed by atoms with E-state index in [1.165, 1.54) is 0 Å². The van der Waals surface area contributed by atoms with E-state index < -0.39 is 0 Å². The fourth-order valence-electron chi connectivity index (χ4n) is 2.83. The minimum Gasteiger partial charge on any atom is -0.423 e. The largest absolute Gasteiger partial charge is 0.423 e. The number of aromatic nitrogens is 4. The zero-order chi connectivity index (χ0) is 16.7. The lowest BCUT2D eigenvalue weighted by molar-refractivity contribution is -0.0109. The second kappa shape index (κ2) is 5.72. The van der Waals surface area contributed by atoms with Crippen molar-refractivity contribution in [2.24, 2.45) is 0 Å². The third-order valence-corrected chi connectivity index (χ3v) is 4.05. The minimum absolute atomic E-state index is 0.166. The fourth-order valence-corrected chi connectivity index (χ4v) is 2.83. The van der Waals surface area contributed by atoms with E-state index in [0.29, 0.717) is 37.2 Å². The van der Waals surface area contributed by atoms with Gasteiger partial charge in [0.1, 0.15) is 17.4 Å². The van der Waals surface area contributed by atoms with Gasteiger partial charge in [-0.05, 0) is 24.6 Å². The molecule has 0 bridgehead atoms. The zero-order valence-corrected chi connectivity index (χ0v) is 13.5. The number of amides is 1. The Morgan fingerprint density at radius 1 is 1.33 bits per heavy atom. The third-order valence-electron chi connectivity index (χ3n) is 4.05. The van der Waals surface area contributed by atoms with Crippen molar-refractivity contribution in [3.63, 3.8) is 0 Å². The van der Waals surface area contributed by atoms with Crippen molar-refractivity contribution in [1.29, 1.82) is 0 Å². The van der Waals surface area contributed by atoms with Gasteiger partial charge in [-0.2, -0.15) is 0 Å². The van der Waals surface area contributed by atoms with E-state index in [4.69, 9.17) is 9.15 Å². The molecule has 4 heterocycles. The summed E-state index contributed by atoms with van der Waals surface area (Å²) in [6.45, 7) is 4.97. The molecule has 0 unspecified atom stereocenters. The number of pyridine rings is 1. The topological polar surface area (TPSA) is 85.8 Å². The molecule has 0 radical (unpaired) electrons. The van der Waals surface area contributed by atoms with E-state index in [-0.39, 0.29) is 11.9 Å². The minimum atomic E-state index is -0.390. The lowest BCUT2D eigenvalue weighted by Gasteiger charge is -2.32. The van der Waals surface area contributed by atoms with Gasteiger partial charge in [0.15, 0.2) is 0 Å². The summed E-state index contributed by atoms with van der Waals surface area (Å²) in [6.07, 6.45) is 3.63. The summed E-state index contributed by atoms with van der Waals surface area (Å²) in [5, 5.41) is 7.88. The zero-order valence-electron chi connectivity index (χ0n) is 13.5. The second-order valence-corrected chi connectivity index (χ2v) is 5.84. The van der Waals surface area contributed by atoms with Crippen LogP contribution in [0, 0.1) is 13.8 Å². The molecule has 3 aromatic heterocycles. The number of morpholine rings is 1. The molecule has 1 aliphatic heterocycles. The molecular formula is C16H17N5O3. The molecule has 4 rings (SSSR count). The van der Waals surface area contributed by atoms with E-state index in [0.717, 1.165) is 11.2 Å². The molecule has 124 valence electrons. The number of rotatable bonds is 2. The lowest BCUT2D eigenvalue weighted by Crippen LogP contribution is -2.43. The number of imidazole rings is 1. The van der Waals surface area contributed by atoms with Gasteiger partial charge in [0.25, 0.3) is 5.91 Å². The van der Waals surface area contributed by atoms with Crippen LogP contribution in [0.15, 0.2) is 28.9 Å². The maximum Gasteiger partial charge on any atom is 0.274 e. The van der Waals surface area contributed by atoms with E-state index in [2.05, 4.69) is 15.2 Å². The molecule has 24 heavy (non-hydrogen) atoms. The first-order valence-electron chi connectivity index (χ1n) is 7.76. The third kappa shape index (κ3) is 2.54. The Bertz CT molecular complexity index is 900. The number of aryl methyl sites for hydroxylation is 2. The normalized spacial score (nSPS) is 18.2. The lowest BCUT2D eigenvalue weighted by atomic mass is 10.2. The summed E-state index contributed by atoms with van der Waals surface area (Å²) >= 11 is 0. The van der Waals surface area contributed by atoms with Gasteiger partial charge in [-0.25, -0.2) is 4.98 Å². The van der Waals surface area contributed by atoms with Crippen molar-refractivity contribution in [2.75, 3.05) is 19.8 Å². The Hall–Kier alpha value is -2.74. The van der Waals surface area contributed by atoms with Crippen molar-refractivity contribution in [3.8, 4) is 0 Å². The summed E-state index contributed by atoms with van der Waals surface area (Å²) in [7, 11) is 0. The molecule has 0 spiro atoms. The SMILES string of the molecule is Cc1ccn2cc(C(=O)N3CCOC[C@H]3c3nnc(C)o3)nc2c1. The Balaban J connectivity index is 1.67. The van der Waals surface area contributed by atoms with Crippen LogP contribution in [-0.4, -0.2) is 50.1 Å². The first-order chi connectivity index (χ1) is 11.6. The Morgan fingerprint density at radius 3 is 3.00 bits per heavy atom. The van der Waals surface area contributed by atoms with Gasteiger partial charge in [0, 0.05) is 25.9 Å². The standard InChI is InChI=1S/C16H17N5O3/c1-10-3-4-20-8-12(17-14(20)7-10)16(22)21-5-6-23-9-13(21)15-19-18-11(2)24-15/h3-4,7-8,13H,5-6,9H2,1-2H3/t13-/m0/s1. The molecule has 0 saturated carbocycles. The van der Waals surface area contributed by atoms with Gasteiger partial charge in [0.05, 0.1) is 13.2 Å². The first-order valence-corrected chi connectivity index (χ1v) is 7.76. The highest BCUT2D eigenvalue weighted by Gasteiger charge is 2.34. The molecule has 0 aliphatic carbocycles. The number of nitrogens with zero attached hydrogens (tertiary/aromatic N) is 5. The summed E-state index contributed by atoms with van der Waals surface area (Å²) in [4.78, 5) is 19.1. The van der Waals surface area contributed by atoms with Gasteiger partial charge in [-0.15, -0.1) is 10.2 Å². The predicted octanol–water partition coefficient (Wildman–Crippen LogP) is 1.55. The molecule has 1 fully saturated rings. The maximum absolute atomic E-state index is 12.9. The molecule has 1 amide bonds. The van der Waals surface area contributed by atoms with Crippen LogP contribution < -0.4 is 0 Å². The van der Waals surface area contributed by atoms with Crippen molar-refractivity contribution in [3.05, 3.63) is 47.6 Å². The number of carbonyl (C=O) groups excluding carboxylic acids is 1. The van der Waals surface area contributed by atoms with Crippen LogP contribution in [0.3, 0.4) is 0 Å². The summed E-state index contributed by atoms with van der Waals surface area (Å²) < 4.78 is 12.8. The summed E-state index contributed by atoms with van der Waals surface area (Å²) in [6, 6.07) is 3.52. The number of hydrogen-bond acceptors (Lipinski definition) is 6. The monoisotopic (exact) mass is 327 g/mol. The molecule has 0 aromatic carbocycles. The van der Waals surface area contributed by atoms with E-state index >= 15 is 0 Å². The van der Waals surface area contributed by atoms with Crippen LogP contribution >= 0.6 is 0 Å². The average molecular weight is 327 g/mol. The highest BCUT2D eigenvalue weighted by atomic mass is 16.5. The van der Waals surface area contributed by atoms with Crippen LogP contribution in [0.5, 0.6) is 0 Å². The quantitative estimate of drug-likeness (QED) is 0.710. The van der Waals surface area contributed by atoms with Crippen molar-refractivity contribution >= 4 is 11.6 Å². The van der Waals surface area contributed by atoms with E-state index in [1.807, 2.05) is 29.7 Å². The van der Waals surface area contributed by atoms with Crippen LogP contribution in [0.4, 0.5) is 0 Å². The highest BCUT2D eigenvalue weighted by Crippen LogP contribution is 2.25. The molecule has 1 aliphatic rings. The maximum atomic E-state index is 12.9. The van der Waals surface area contributed by atoms with Crippen LogP contribution in [0.2, 0.25) is 0 Å². The van der Waals surface area contributed by atoms with Gasteiger partial charge in [-0.1, -0.05) is 0 Å². The first kappa shape index (κ1) is 14.8. The molecule has 1 saturated heterocycles. The van der Waals surface area contributed by atoms with Crippen LogP contribution in [-0.2, 0) is 4.74 Å². The molecule has 8 nitrogen and oxygen atoms in total. The number of carbonyl (C=O) groups is 1. The summed E-state index contributed by atoms with van der Waals surface area (Å²) in [5.74, 6) is 0.687. The van der Waals surface area contributed by atoms with Crippen LogP contribution in [0.1, 0.15) is 33.9 Å². The average Bonchev–Trinajstić information content (AvgIpc) is 3.20. The van der Waals surface area contributed by atoms with Crippen molar-refractivity contribution in [2.45, 2.75) is 19.9 Å². The van der Waals surface area contributed by atoms with Gasteiger partial charge in [-0.3, -0.25) is 4.79 Å². The number of fused-ring (bicyclic) bond motifs is 1. The molecule has 8 heteroatoms. The molecular weight excluding hydrogens is 310 g/mol. The Labute approximate surface area is 138 Å². The van der Waals surface area contributed by atoms with Gasteiger partial charge >= 0.3 is 0 Å².